The van der Waals surface area contributed by atoms with Crippen LogP contribution in [-0.4, -0.2) is 19.8 Å². The van der Waals surface area contributed by atoms with Crippen LogP contribution in [0.25, 0.3) is 0 Å². The van der Waals surface area contributed by atoms with E-state index in [-0.39, 0.29) is 19.8 Å². The number of hydrogen-bond donors (Lipinski definition) is 0. The van der Waals surface area contributed by atoms with E-state index < -0.39 is 0 Å². The molecule has 0 rings (SSSR count). The Kier molecular flexibility index (Phi) is 19.9. The minimum Gasteiger partial charge on any atom is -0.166 e. The maximum atomic E-state index is 4.26. The predicted molar refractivity (Wildman–Crippen MR) is 18.5 cm³/mol. The summed E-state index contributed by atoms with van der Waals surface area (Å²) in [6.45, 7) is 0. The summed E-state index contributed by atoms with van der Waals surface area (Å²) in [7, 11) is 0. The first-order chi connectivity index (χ1) is 1.41. The van der Waals surface area contributed by atoms with Crippen LogP contribution >= 0.6 is 23.7 Å². The minimum atomic E-state index is 0. The fraction of sp³-hybridized carbons (Fsp3) is 0. The Morgan fingerprint density at radius 3 is 1.25 bits per heavy atom. The molecule has 0 saturated carbocycles. The van der Waals surface area contributed by atoms with E-state index in [0.29, 0.717) is 0 Å². The summed E-state index contributed by atoms with van der Waals surface area (Å²) in [4.78, 5) is 0. The molecular formula is Cl2GaO. The molecule has 4 heavy (non-hydrogen) atoms. The molecule has 0 heterocycles. The quantitative estimate of drug-likeness (QED) is 0.475. The normalized spacial score (nSPS) is 4.50. The van der Waals surface area contributed by atoms with Gasteiger partial charge in [-0.3, -0.25) is 0 Å². The van der Waals surface area contributed by atoms with Gasteiger partial charge in [0.25, 0.3) is 0 Å². The molecule has 0 atom stereocenters. The first kappa shape index (κ1) is 8.95. The molecule has 0 aliphatic rings. The van der Waals surface area contributed by atoms with Crippen LogP contribution in [0.15, 0.2) is 0 Å². The van der Waals surface area contributed by atoms with Gasteiger partial charge >= 0.3 is 0 Å². The summed E-state index contributed by atoms with van der Waals surface area (Å²) in [5.41, 5.74) is 0. The molecule has 0 N–H and O–H groups in total. The fourth-order valence-corrected chi connectivity index (χ4v) is 0. The summed E-state index contributed by atoms with van der Waals surface area (Å²) < 4.78 is 3.19. The Labute approximate surface area is 47.6 Å². The smallest absolute Gasteiger partial charge is 0.0832 e. The van der Waals surface area contributed by atoms with Crippen molar-refractivity contribution < 1.29 is 3.84 Å². The molecule has 0 fully saturated rings. The molecular weight excluding hydrogens is 157 g/mol. The molecule has 23 valence electrons. The predicted octanol–water partition coefficient (Wildman–Crippen LogP) is 0.930. The van der Waals surface area contributed by atoms with Crippen molar-refractivity contribution in [3.05, 3.63) is 0 Å². The summed E-state index contributed by atoms with van der Waals surface area (Å²) in [6, 6.07) is 0. The molecule has 0 bridgehead atoms. The van der Waals surface area contributed by atoms with E-state index in [1.807, 2.05) is 0 Å². The molecule has 0 aromatic heterocycles. The topological polar surface area (TPSA) is 9.23 Å². The average Bonchev–Trinajstić information content (AvgIpc) is 0.918. The third-order valence-electron chi connectivity index (χ3n) is 0. The van der Waals surface area contributed by atoms with E-state index in [0.717, 1.165) is 0 Å². The maximum Gasteiger partial charge on any atom is 0.0832 e. The zero-order valence-corrected chi connectivity index (χ0v) is 5.68. The Morgan fingerprint density at radius 2 is 1.25 bits per heavy atom. The Balaban J connectivity index is 0. The van der Waals surface area contributed by atoms with Gasteiger partial charge in [0.15, 0.2) is 0 Å². The van der Waals surface area contributed by atoms with Gasteiger partial charge in [-0.2, -0.15) is 3.84 Å². The van der Waals surface area contributed by atoms with Crippen LogP contribution in [0, 0.1) is 0 Å². The Morgan fingerprint density at radius 1 is 1.25 bits per heavy atom. The zero-order valence-electron chi connectivity index (χ0n) is 1.74. The van der Waals surface area contributed by atoms with Crippen LogP contribution in [0.4, 0.5) is 0 Å². The molecule has 1 nitrogen and oxygen atoms in total. The van der Waals surface area contributed by atoms with Crippen molar-refractivity contribution in [3.8, 4) is 0 Å². The number of rotatable bonds is 0. The largest absolute Gasteiger partial charge is 0.166 e. The standard InChI is InChI=1S/Cl2O.Ga/c1-3-2;. The number of hydrogen-bond acceptors (Lipinski definition) is 1. The molecule has 4 heteroatoms. The van der Waals surface area contributed by atoms with Crippen molar-refractivity contribution in [2.24, 2.45) is 0 Å². The van der Waals surface area contributed by atoms with E-state index in [9.17, 15) is 0 Å². The van der Waals surface area contributed by atoms with Crippen LogP contribution in [0.5, 0.6) is 0 Å². The van der Waals surface area contributed by atoms with E-state index >= 15 is 0 Å². The van der Waals surface area contributed by atoms with Crippen LogP contribution in [0.1, 0.15) is 0 Å². The molecule has 0 aliphatic heterocycles. The molecule has 0 saturated heterocycles. The van der Waals surface area contributed by atoms with Gasteiger partial charge in [0.2, 0.25) is 0 Å². The van der Waals surface area contributed by atoms with Gasteiger partial charge in [-0.25, -0.2) is 0 Å². The van der Waals surface area contributed by atoms with E-state index in [2.05, 4.69) is 27.6 Å². The minimum absolute atomic E-state index is 0. The summed E-state index contributed by atoms with van der Waals surface area (Å²) in [5, 5.41) is 0. The first-order valence-corrected chi connectivity index (χ1v) is 0.926. The fourth-order valence-electron chi connectivity index (χ4n) is 0. The van der Waals surface area contributed by atoms with E-state index in [1.165, 1.54) is 0 Å². The first-order valence-electron chi connectivity index (χ1n) is 0.309. The third-order valence-corrected chi connectivity index (χ3v) is 0. The van der Waals surface area contributed by atoms with Gasteiger partial charge in [-0.1, -0.05) is 0 Å². The van der Waals surface area contributed by atoms with Gasteiger partial charge in [-0.15, -0.1) is 0 Å². The Bertz CT molecular complexity index is 6.00. The van der Waals surface area contributed by atoms with Crippen molar-refractivity contribution in [3.63, 3.8) is 0 Å². The van der Waals surface area contributed by atoms with Gasteiger partial charge in [-0.05, 0) is 0 Å². The van der Waals surface area contributed by atoms with Gasteiger partial charge in [0, 0.05) is 19.8 Å². The SMILES string of the molecule is ClOCl.[Ga]. The molecule has 3 radical (unpaired) electrons. The van der Waals surface area contributed by atoms with Gasteiger partial charge in [0.1, 0.15) is 0 Å². The Hall–Kier alpha value is 1.18. The second kappa shape index (κ2) is 8.90. The van der Waals surface area contributed by atoms with E-state index in [4.69, 9.17) is 0 Å². The van der Waals surface area contributed by atoms with Crippen molar-refractivity contribution in [1.29, 1.82) is 0 Å². The van der Waals surface area contributed by atoms with Crippen molar-refractivity contribution in [1.82, 2.24) is 0 Å². The molecule has 0 unspecified atom stereocenters. The van der Waals surface area contributed by atoms with Crippen LogP contribution in [0.2, 0.25) is 0 Å². The molecule has 0 aromatic rings. The van der Waals surface area contributed by atoms with E-state index in [1.54, 1.807) is 0 Å². The molecule has 0 amide bonds. The maximum absolute atomic E-state index is 4.26. The summed E-state index contributed by atoms with van der Waals surface area (Å²) in [6.07, 6.45) is 0. The van der Waals surface area contributed by atoms with Crippen molar-refractivity contribution in [2.45, 2.75) is 0 Å². The second-order valence-electron chi connectivity index (χ2n) is 0.0583. The molecule has 0 aliphatic carbocycles. The van der Waals surface area contributed by atoms with Gasteiger partial charge < -0.3 is 0 Å². The van der Waals surface area contributed by atoms with Gasteiger partial charge in [0.05, 0.1) is 23.7 Å². The average molecular weight is 157 g/mol. The zero-order chi connectivity index (χ0) is 2.71. The van der Waals surface area contributed by atoms with Crippen LogP contribution < -0.4 is 0 Å². The van der Waals surface area contributed by atoms with Crippen molar-refractivity contribution >= 4 is 43.5 Å². The monoisotopic (exact) mass is 155 g/mol. The molecule has 0 aromatic carbocycles. The second-order valence-corrected chi connectivity index (χ2v) is 0.525. The van der Waals surface area contributed by atoms with Crippen LogP contribution in [-0.2, 0) is 3.84 Å². The van der Waals surface area contributed by atoms with Crippen molar-refractivity contribution in [2.75, 3.05) is 0 Å². The third kappa shape index (κ3) is 10.9. The number of halogens is 2. The summed E-state index contributed by atoms with van der Waals surface area (Å²) >= 11 is 8.53. The summed E-state index contributed by atoms with van der Waals surface area (Å²) in [5.74, 6) is 0. The molecule has 0 spiro atoms. The van der Waals surface area contributed by atoms with Crippen LogP contribution in [0.3, 0.4) is 0 Å².